The molecule has 0 radical (unpaired) electrons. The number of nitrogens with zero attached hydrogens (tertiary/aromatic N) is 1. The Labute approximate surface area is 173 Å². The monoisotopic (exact) mass is 422 g/mol. The molecule has 30 heavy (non-hydrogen) atoms. The minimum atomic E-state index is -3.70. The predicted molar refractivity (Wildman–Crippen MR) is 114 cm³/mol. The quantitative estimate of drug-likeness (QED) is 0.501. The summed E-state index contributed by atoms with van der Waals surface area (Å²) >= 11 is 0. The largest absolute Gasteiger partial charge is 0.337 e. The van der Waals surface area contributed by atoms with Crippen molar-refractivity contribution in [3.63, 3.8) is 0 Å². The minimum Gasteiger partial charge on any atom is -0.337 e. The Morgan fingerprint density at radius 1 is 0.900 bits per heavy atom. The first kappa shape index (κ1) is 19.8. The number of para-hydroxylation sites is 2. The predicted octanol–water partition coefficient (Wildman–Crippen LogP) is 4.39. The molecule has 7 heteroatoms. The summed E-state index contributed by atoms with van der Waals surface area (Å²) in [6, 6.07) is 21.5. The summed E-state index contributed by atoms with van der Waals surface area (Å²) in [5.41, 5.74) is 1.82. The summed E-state index contributed by atoms with van der Waals surface area (Å²) < 4.78 is 40.9. The van der Waals surface area contributed by atoms with Crippen LogP contribution in [0.25, 0.3) is 10.9 Å². The number of amides is 1. The van der Waals surface area contributed by atoms with Crippen LogP contribution in [-0.4, -0.2) is 18.9 Å². The highest BCUT2D eigenvalue weighted by molar-refractivity contribution is 7.90. The Hall–Kier alpha value is -3.45. The molecule has 0 aliphatic rings. The second-order valence-electron chi connectivity index (χ2n) is 6.94. The van der Waals surface area contributed by atoms with Crippen molar-refractivity contribution >= 4 is 32.3 Å². The van der Waals surface area contributed by atoms with E-state index in [0.717, 1.165) is 0 Å². The molecule has 1 aromatic heterocycles. The molecular formula is C23H19FN2O3S. The lowest BCUT2D eigenvalue weighted by Crippen LogP contribution is -2.18. The molecule has 0 spiro atoms. The zero-order chi connectivity index (χ0) is 21.1. The zero-order valence-electron chi connectivity index (χ0n) is 16.0. The lowest BCUT2D eigenvalue weighted by atomic mass is 10.2. The lowest BCUT2D eigenvalue weighted by Gasteiger charge is -2.07. The standard InChI is InChI=1S/C23H19FN2O3S/c24-18-12-10-17(11-13-18)16-30(28,29)22-14-26(21-9-5-4-8-20(21)22)15-23(27)25-19-6-2-1-3-7-19/h1-14H,15-16H2,(H,25,27). The molecule has 0 atom stereocenters. The van der Waals surface area contributed by atoms with Gasteiger partial charge >= 0.3 is 0 Å². The number of sulfone groups is 1. The van der Waals surface area contributed by atoms with Crippen molar-refractivity contribution in [2.75, 3.05) is 5.32 Å². The van der Waals surface area contributed by atoms with Crippen molar-refractivity contribution in [2.24, 2.45) is 0 Å². The van der Waals surface area contributed by atoms with Gasteiger partial charge in [0.15, 0.2) is 9.84 Å². The summed E-state index contributed by atoms with van der Waals surface area (Å²) in [5.74, 6) is -0.932. The van der Waals surface area contributed by atoms with Gasteiger partial charge in [0.2, 0.25) is 5.91 Å². The molecule has 4 aromatic rings. The summed E-state index contributed by atoms with van der Waals surface area (Å²) in [4.78, 5) is 12.6. The van der Waals surface area contributed by atoms with Crippen LogP contribution in [0.1, 0.15) is 5.56 Å². The van der Waals surface area contributed by atoms with Crippen molar-refractivity contribution in [2.45, 2.75) is 17.2 Å². The number of carbonyl (C=O) groups is 1. The third kappa shape index (κ3) is 4.26. The first-order chi connectivity index (χ1) is 14.4. The molecule has 3 aromatic carbocycles. The number of rotatable bonds is 6. The fourth-order valence-electron chi connectivity index (χ4n) is 3.35. The molecular weight excluding hydrogens is 403 g/mol. The number of carbonyl (C=O) groups excluding carboxylic acids is 1. The Balaban J connectivity index is 1.65. The molecule has 1 heterocycles. The van der Waals surface area contributed by atoms with Crippen LogP contribution in [0.3, 0.4) is 0 Å². The number of aromatic nitrogens is 1. The third-order valence-corrected chi connectivity index (χ3v) is 6.44. The second-order valence-corrected chi connectivity index (χ2v) is 8.90. The molecule has 1 amide bonds. The van der Waals surface area contributed by atoms with Crippen molar-refractivity contribution in [1.82, 2.24) is 4.57 Å². The van der Waals surface area contributed by atoms with E-state index in [2.05, 4.69) is 5.32 Å². The summed E-state index contributed by atoms with van der Waals surface area (Å²) in [7, 11) is -3.70. The van der Waals surface area contributed by atoms with Gasteiger partial charge in [0.1, 0.15) is 12.4 Å². The van der Waals surface area contributed by atoms with E-state index >= 15 is 0 Å². The maximum atomic E-state index is 13.1. The van der Waals surface area contributed by atoms with Crippen molar-refractivity contribution in [1.29, 1.82) is 0 Å². The highest BCUT2D eigenvalue weighted by Crippen LogP contribution is 2.28. The number of hydrogen-bond acceptors (Lipinski definition) is 3. The summed E-state index contributed by atoms with van der Waals surface area (Å²) in [5, 5.41) is 3.35. The molecule has 0 bridgehead atoms. The molecule has 0 aliphatic heterocycles. The maximum absolute atomic E-state index is 13.1. The van der Waals surface area contributed by atoms with Gasteiger partial charge in [-0.3, -0.25) is 4.79 Å². The van der Waals surface area contributed by atoms with Crippen LogP contribution < -0.4 is 5.32 Å². The van der Waals surface area contributed by atoms with Crippen molar-refractivity contribution in [3.05, 3.63) is 96.4 Å². The van der Waals surface area contributed by atoms with Gasteiger partial charge in [-0.25, -0.2) is 12.8 Å². The number of anilines is 1. The van der Waals surface area contributed by atoms with Crippen molar-refractivity contribution in [3.8, 4) is 0 Å². The molecule has 0 fully saturated rings. The van der Waals surface area contributed by atoms with E-state index in [4.69, 9.17) is 0 Å². The van der Waals surface area contributed by atoms with Gasteiger partial charge < -0.3 is 9.88 Å². The van der Waals surface area contributed by atoms with E-state index in [-0.39, 0.29) is 23.1 Å². The Bertz CT molecular complexity index is 1300. The van der Waals surface area contributed by atoms with Crippen LogP contribution in [-0.2, 0) is 26.9 Å². The fraction of sp³-hybridized carbons (Fsp3) is 0.0870. The molecule has 1 N–H and O–H groups in total. The number of benzene rings is 3. The maximum Gasteiger partial charge on any atom is 0.244 e. The first-order valence-corrected chi connectivity index (χ1v) is 11.0. The van der Waals surface area contributed by atoms with Crippen LogP contribution >= 0.6 is 0 Å². The lowest BCUT2D eigenvalue weighted by molar-refractivity contribution is -0.116. The summed E-state index contributed by atoms with van der Waals surface area (Å²) in [6.07, 6.45) is 1.49. The van der Waals surface area contributed by atoms with E-state index in [1.165, 1.54) is 30.5 Å². The van der Waals surface area contributed by atoms with Gasteiger partial charge in [0.25, 0.3) is 0 Å². The van der Waals surface area contributed by atoms with E-state index in [9.17, 15) is 17.6 Å². The van der Waals surface area contributed by atoms with E-state index in [1.807, 2.05) is 18.2 Å². The van der Waals surface area contributed by atoms with Crippen LogP contribution in [0.4, 0.5) is 10.1 Å². The SMILES string of the molecule is O=C(Cn1cc(S(=O)(=O)Cc2ccc(F)cc2)c2ccccc21)Nc1ccccc1. The third-order valence-electron chi connectivity index (χ3n) is 4.73. The molecule has 0 saturated heterocycles. The second kappa shape index (κ2) is 8.12. The van der Waals surface area contributed by atoms with Gasteiger partial charge in [0.05, 0.1) is 10.6 Å². The Kier molecular flexibility index (Phi) is 5.37. The van der Waals surface area contributed by atoms with Crippen LogP contribution in [0, 0.1) is 5.82 Å². The van der Waals surface area contributed by atoms with E-state index < -0.39 is 15.7 Å². The molecule has 5 nitrogen and oxygen atoms in total. The Morgan fingerprint density at radius 2 is 1.57 bits per heavy atom. The van der Waals surface area contributed by atoms with Gasteiger partial charge in [-0.05, 0) is 35.9 Å². The summed E-state index contributed by atoms with van der Waals surface area (Å²) in [6.45, 7) is -0.0263. The van der Waals surface area contributed by atoms with Crippen LogP contribution in [0.5, 0.6) is 0 Å². The van der Waals surface area contributed by atoms with Gasteiger partial charge in [-0.2, -0.15) is 0 Å². The fourth-order valence-corrected chi connectivity index (χ4v) is 4.93. The van der Waals surface area contributed by atoms with Crippen molar-refractivity contribution < 1.29 is 17.6 Å². The molecule has 0 unspecified atom stereocenters. The topological polar surface area (TPSA) is 68.2 Å². The number of nitrogens with one attached hydrogen (secondary N) is 1. The minimum absolute atomic E-state index is 0.0263. The van der Waals surface area contributed by atoms with Gasteiger partial charge in [0, 0.05) is 22.8 Å². The normalized spacial score (nSPS) is 11.5. The van der Waals surface area contributed by atoms with Gasteiger partial charge in [-0.15, -0.1) is 0 Å². The highest BCUT2D eigenvalue weighted by Gasteiger charge is 2.22. The molecule has 0 aliphatic carbocycles. The van der Waals surface area contributed by atoms with Crippen LogP contribution in [0.15, 0.2) is 90.0 Å². The molecule has 4 rings (SSSR count). The van der Waals surface area contributed by atoms with E-state index in [1.54, 1.807) is 41.0 Å². The number of halogens is 1. The van der Waals surface area contributed by atoms with Gasteiger partial charge in [-0.1, -0.05) is 48.5 Å². The highest BCUT2D eigenvalue weighted by atomic mass is 32.2. The molecule has 152 valence electrons. The number of fused-ring (bicyclic) bond motifs is 1. The smallest absolute Gasteiger partial charge is 0.244 e. The average Bonchev–Trinajstić information content (AvgIpc) is 3.10. The average molecular weight is 422 g/mol. The van der Waals surface area contributed by atoms with E-state index in [0.29, 0.717) is 22.2 Å². The van der Waals surface area contributed by atoms with Crippen LogP contribution in [0.2, 0.25) is 0 Å². The zero-order valence-corrected chi connectivity index (χ0v) is 16.8. The Morgan fingerprint density at radius 3 is 2.30 bits per heavy atom. The number of hydrogen-bond donors (Lipinski definition) is 1. The first-order valence-electron chi connectivity index (χ1n) is 9.32. The molecule has 0 saturated carbocycles.